The van der Waals surface area contributed by atoms with Gasteiger partial charge in [0.2, 0.25) is 5.91 Å². The van der Waals surface area contributed by atoms with Crippen molar-refractivity contribution in [2.24, 2.45) is 0 Å². The van der Waals surface area contributed by atoms with Crippen molar-refractivity contribution < 1.29 is 17.9 Å². The summed E-state index contributed by atoms with van der Waals surface area (Å²) in [5.41, 5.74) is 2.27. The molecule has 31 heavy (non-hydrogen) atoms. The summed E-state index contributed by atoms with van der Waals surface area (Å²) < 4.78 is 33.0. The van der Waals surface area contributed by atoms with Crippen LogP contribution >= 0.6 is 0 Å². The molecule has 0 spiro atoms. The number of nitrogens with one attached hydrogen (secondary N) is 1. The van der Waals surface area contributed by atoms with Crippen LogP contribution in [-0.2, 0) is 14.8 Å². The summed E-state index contributed by atoms with van der Waals surface area (Å²) in [6.07, 6.45) is 0. The fourth-order valence-corrected chi connectivity index (χ4v) is 4.56. The summed E-state index contributed by atoms with van der Waals surface area (Å²) in [6.45, 7) is 3.40. The van der Waals surface area contributed by atoms with E-state index >= 15 is 0 Å². The lowest BCUT2D eigenvalue weighted by molar-refractivity contribution is -0.120. The minimum Gasteiger partial charge on any atom is -0.497 e. The first kappa shape index (κ1) is 22.4. The van der Waals surface area contributed by atoms with Crippen molar-refractivity contribution in [3.63, 3.8) is 0 Å². The molecule has 0 bridgehead atoms. The van der Waals surface area contributed by atoms with E-state index in [-0.39, 0.29) is 17.5 Å². The van der Waals surface area contributed by atoms with E-state index < -0.39 is 15.9 Å². The molecule has 162 valence electrons. The van der Waals surface area contributed by atoms with Gasteiger partial charge < -0.3 is 10.1 Å². The number of methoxy groups -OCH3 is 1. The summed E-state index contributed by atoms with van der Waals surface area (Å²) in [6, 6.07) is 22.3. The molecule has 6 nitrogen and oxygen atoms in total. The van der Waals surface area contributed by atoms with Gasteiger partial charge in [0.05, 0.1) is 23.7 Å². The molecule has 1 N–H and O–H groups in total. The standard InChI is InChI=1S/C24H26N2O4S/c1-18-9-15-23(16-10-18)31(28,29)26(21-7-5-4-6-8-21)17-24(27)25-19(2)20-11-13-22(30-3)14-12-20/h4-16,19H,17H2,1-3H3,(H,25,27)/t19-/m1/s1. The summed E-state index contributed by atoms with van der Waals surface area (Å²) >= 11 is 0. The van der Waals surface area contributed by atoms with Crippen molar-refractivity contribution >= 4 is 21.6 Å². The molecule has 3 aromatic carbocycles. The van der Waals surface area contributed by atoms with E-state index in [4.69, 9.17) is 4.74 Å². The van der Waals surface area contributed by atoms with Crippen LogP contribution in [0.25, 0.3) is 0 Å². The Morgan fingerprint density at radius 1 is 0.968 bits per heavy atom. The van der Waals surface area contributed by atoms with Gasteiger partial charge in [-0.15, -0.1) is 0 Å². The molecule has 3 rings (SSSR count). The highest BCUT2D eigenvalue weighted by atomic mass is 32.2. The zero-order chi connectivity index (χ0) is 22.4. The second-order valence-corrected chi connectivity index (χ2v) is 9.08. The molecule has 1 atom stereocenters. The highest BCUT2D eigenvalue weighted by Gasteiger charge is 2.27. The summed E-state index contributed by atoms with van der Waals surface area (Å²) in [5.74, 6) is 0.324. The van der Waals surface area contributed by atoms with Crippen molar-refractivity contribution in [2.45, 2.75) is 24.8 Å². The van der Waals surface area contributed by atoms with Gasteiger partial charge in [-0.1, -0.05) is 48.0 Å². The first-order valence-electron chi connectivity index (χ1n) is 9.89. The van der Waals surface area contributed by atoms with Gasteiger partial charge >= 0.3 is 0 Å². The molecule has 0 saturated heterocycles. The maximum Gasteiger partial charge on any atom is 0.264 e. The predicted molar refractivity (Wildman–Crippen MR) is 122 cm³/mol. The number of hydrogen-bond acceptors (Lipinski definition) is 4. The molecule has 0 radical (unpaired) electrons. The average molecular weight is 439 g/mol. The third-order valence-electron chi connectivity index (χ3n) is 4.93. The van der Waals surface area contributed by atoms with Crippen LogP contribution in [0.4, 0.5) is 5.69 Å². The number of amides is 1. The van der Waals surface area contributed by atoms with E-state index in [1.807, 2.05) is 38.1 Å². The molecule has 0 fully saturated rings. The molecule has 0 heterocycles. The molecule has 0 aliphatic rings. The lowest BCUT2D eigenvalue weighted by Crippen LogP contribution is -2.41. The van der Waals surface area contributed by atoms with Crippen LogP contribution in [0.3, 0.4) is 0 Å². The van der Waals surface area contributed by atoms with Gasteiger partial charge in [-0.3, -0.25) is 9.10 Å². The van der Waals surface area contributed by atoms with Crippen molar-refractivity contribution in [3.8, 4) is 5.75 Å². The lowest BCUT2D eigenvalue weighted by atomic mass is 10.1. The fourth-order valence-electron chi connectivity index (χ4n) is 3.14. The van der Waals surface area contributed by atoms with Gasteiger partial charge in [0.1, 0.15) is 12.3 Å². The molecule has 0 unspecified atom stereocenters. The minimum atomic E-state index is -3.92. The minimum absolute atomic E-state index is 0.137. The number of hydrogen-bond donors (Lipinski definition) is 1. The smallest absolute Gasteiger partial charge is 0.264 e. The Balaban J connectivity index is 1.83. The van der Waals surface area contributed by atoms with Gasteiger partial charge in [0.15, 0.2) is 0 Å². The zero-order valence-electron chi connectivity index (χ0n) is 17.8. The number of carbonyl (C=O) groups is 1. The maximum atomic E-state index is 13.3. The average Bonchev–Trinajstić information content (AvgIpc) is 2.78. The monoisotopic (exact) mass is 438 g/mol. The number of ether oxygens (including phenoxy) is 1. The first-order valence-corrected chi connectivity index (χ1v) is 11.3. The number of sulfonamides is 1. The highest BCUT2D eigenvalue weighted by molar-refractivity contribution is 7.92. The van der Waals surface area contributed by atoms with Crippen LogP contribution in [0.15, 0.2) is 83.8 Å². The lowest BCUT2D eigenvalue weighted by Gasteiger charge is -2.25. The van der Waals surface area contributed by atoms with Crippen molar-refractivity contribution in [2.75, 3.05) is 18.0 Å². The van der Waals surface area contributed by atoms with E-state index in [1.165, 1.54) is 0 Å². The molecule has 1 amide bonds. The Kier molecular flexibility index (Phi) is 6.97. The molecule has 0 aliphatic heterocycles. The van der Waals surface area contributed by atoms with Gasteiger partial charge in [-0.2, -0.15) is 0 Å². The third-order valence-corrected chi connectivity index (χ3v) is 6.72. The number of aryl methyl sites for hydroxylation is 1. The van der Waals surface area contributed by atoms with E-state index in [2.05, 4.69) is 5.32 Å². The highest BCUT2D eigenvalue weighted by Crippen LogP contribution is 2.24. The second kappa shape index (κ2) is 9.66. The van der Waals surface area contributed by atoms with Crippen LogP contribution < -0.4 is 14.4 Å². The summed E-state index contributed by atoms with van der Waals surface area (Å²) in [5, 5.41) is 2.88. The Morgan fingerprint density at radius 2 is 1.58 bits per heavy atom. The third kappa shape index (κ3) is 5.44. The summed E-state index contributed by atoms with van der Waals surface area (Å²) in [4.78, 5) is 13.0. The number of benzene rings is 3. The molecule has 0 saturated carbocycles. The van der Waals surface area contributed by atoms with Gasteiger partial charge in [-0.05, 0) is 55.8 Å². The quantitative estimate of drug-likeness (QED) is 0.575. The fraction of sp³-hybridized carbons (Fsp3) is 0.208. The molecular formula is C24H26N2O4S. The predicted octanol–water partition coefficient (Wildman–Crippen LogP) is 4.08. The number of para-hydroxylation sites is 1. The van der Waals surface area contributed by atoms with Crippen molar-refractivity contribution in [3.05, 3.63) is 90.0 Å². The Morgan fingerprint density at radius 3 is 2.16 bits per heavy atom. The zero-order valence-corrected chi connectivity index (χ0v) is 18.6. The van der Waals surface area contributed by atoms with E-state index in [1.54, 1.807) is 61.7 Å². The van der Waals surface area contributed by atoms with Gasteiger partial charge in [0, 0.05) is 0 Å². The van der Waals surface area contributed by atoms with Crippen LogP contribution in [0, 0.1) is 6.92 Å². The SMILES string of the molecule is COc1ccc([C@@H](C)NC(=O)CN(c2ccccc2)S(=O)(=O)c2ccc(C)cc2)cc1. The second-order valence-electron chi connectivity index (χ2n) is 7.22. The molecule has 3 aromatic rings. The first-order chi connectivity index (χ1) is 14.8. The van der Waals surface area contributed by atoms with E-state index in [9.17, 15) is 13.2 Å². The molecule has 0 aliphatic carbocycles. The van der Waals surface area contributed by atoms with Gasteiger partial charge in [-0.25, -0.2) is 8.42 Å². The normalized spacial score (nSPS) is 12.1. The van der Waals surface area contributed by atoms with Crippen LogP contribution in [0.1, 0.15) is 24.1 Å². The van der Waals surface area contributed by atoms with Crippen molar-refractivity contribution in [1.29, 1.82) is 0 Å². The van der Waals surface area contributed by atoms with Crippen molar-refractivity contribution in [1.82, 2.24) is 5.32 Å². The van der Waals surface area contributed by atoms with Crippen LogP contribution in [0.2, 0.25) is 0 Å². The molecule has 7 heteroatoms. The van der Waals surface area contributed by atoms with Crippen LogP contribution in [-0.4, -0.2) is 28.0 Å². The van der Waals surface area contributed by atoms with E-state index in [0.717, 1.165) is 21.2 Å². The van der Waals surface area contributed by atoms with E-state index in [0.29, 0.717) is 5.69 Å². The number of carbonyl (C=O) groups excluding carboxylic acids is 1. The Hall–Kier alpha value is -3.32. The molecular weight excluding hydrogens is 412 g/mol. The number of anilines is 1. The Bertz CT molecular complexity index is 1110. The topological polar surface area (TPSA) is 75.7 Å². The molecule has 0 aromatic heterocycles. The number of rotatable bonds is 8. The van der Waals surface area contributed by atoms with Gasteiger partial charge in [0.25, 0.3) is 10.0 Å². The maximum absolute atomic E-state index is 13.3. The number of nitrogens with zero attached hydrogens (tertiary/aromatic N) is 1. The Labute approximate surface area is 183 Å². The van der Waals surface area contributed by atoms with Crippen LogP contribution in [0.5, 0.6) is 5.75 Å². The summed E-state index contributed by atoms with van der Waals surface area (Å²) in [7, 11) is -2.33. The largest absolute Gasteiger partial charge is 0.497 e.